The van der Waals surface area contributed by atoms with Gasteiger partial charge in [0.1, 0.15) is 12.4 Å². The molecule has 0 saturated heterocycles. The van der Waals surface area contributed by atoms with Crippen molar-refractivity contribution >= 4 is 28.5 Å². The van der Waals surface area contributed by atoms with Crippen LogP contribution in [0.2, 0.25) is 0 Å². The lowest BCUT2D eigenvalue weighted by atomic mass is 10.1. The fourth-order valence-electron chi connectivity index (χ4n) is 1.97. The lowest BCUT2D eigenvalue weighted by Gasteiger charge is -2.15. The fourth-order valence-corrected chi connectivity index (χ4v) is 2.64. The number of fused-ring (bicyclic) bond motifs is 1. The first kappa shape index (κ1) is 13.6. The molecule has 0 fully saturated rings. The number of amides is 1. The lowest BCUT2D eigenvalue weighted by molar-refractivity contribution is -0.111. The molecule has 2 heterocycles. The molecule has 106 valence electrons. The van der Waals surface area contributed by atoms with Gasteiger partial charge in [-0.1, -0.05) is 24.3 Å². The summed E-state index contributed by atoms with van der Waals surface area (Å²) in [5.74, 6) is 0.682. The molecule has 1 aromatic heterocycles. The van der Waals surface area contributed by atoms with E-state index in [0.29, 0.717) is 11.7 Å². The van der Waals surface area contributed by atoms with Crippen LogP contribution in [0.25, 0.3) is 6.08 Å². The molecule has 0 saturated carbocycles. The smallest absolute Gasteiger partial charge is 0.250 e. The normalized spacial score (nSPS) is 13.5. The molecule has 21 heavy (non-hydrogen) atoms. The zero-order valence-electron chi connectivity index (χ0n) is 11.5. The Bertz CT molecular complexity index is 731. The summed E-state index contributed by atoms with van der Waals surface area (Å²) in [6.45, 7) is 2.42. The van der Waals surface area contributed by atoms with Gasteiger partial charge >= 0.3 is 0 Å². The second-order valence-corrected chi connectivity index (χ2v) is 5.88. The van der Waals surface area contributed by atoms with Gasteiger partial charge in [0.2, 0.25) is 5.91 Å². The van der Waals surface area contributed by atoms with Crippen LogP contribution in [-0.2, 0) is 4.79 Å². The van der Waals surface area contributed by atoms with E-state index >= 15 is 0 Å². The molecule has 1 aliphatic rings. The molecule has 1 N–H and O–H groups in total. The highest BCUT2D eigenvalue weighted by Crippen LogP contribution is 2.26. The van der Waals surface area contributed by atoms with Crippen LogP contribution >= 0.6 is 11.3 Å². The number of rotatable bonds is 3. The van der Waals surface area contributed by atoms with Crippen molar-refractivity contribution in [3.63, 3.8) is 0 Å². The molecule has 0 aliphatic carbocycles. The van der Waals surface area contributed by atoms with Crippen LogP contribution in [0.4, 0.5) is 5.13 Å². The van der Waals surface area contributed by atoms with Gasteiger partial charge in [-0.05, 0) is 24.6 Å². The average Bonchev–Trinajstić information content (AvgIpc) is 2.90. The number of carbonyl (C=O) groups is 1. The summed E-state index contributed by atoms with van der Waals surface area (Å²) in [4.78, 5) is 17.0. The maximum absolute atomic E-state index is 11.8. The van der Waals surface area contributed by atoms with Gasteiger partial charge in [-0.2, -0.15) is 0 Å². The van der Waals surface area contributed by atoms with Crippen molar-refractivity contribution in [2.24, 2.45) is 0 Å². The number of anilines is 1. The minimum absolute atomic E-state index is 0.191. The summed E-state index contributed by atoms with van der Waals surface area (Å²) < 4.78 is 5.63. The third-order valence-corrected chi connectivity index (χ3v) is 3.78. The summed E-state index contributed by atoms with van der Waals surface area (Å²) in [7, 11) is 0. The number of nitrogens with zero attached hydrogens (tertiary/aromatic N) is 1. The van der Waals surface area contributed by atoms with Crippen LogP contribution in [0.15, 0.2) is 48.2 Å². The van der Waals surface area contributed by atoms with E-state index in [2.05, 4.69) is 10.3 Å². The van der Waals surface area contributed by atoms with Crippen LogP contribution in [0.3, 0.4) is 0 Å². The van der Waals surface area contributed by atoms with E-state index in [9.17, 15) is 4.79 Å². The van der Waals surface area contributed by atoms with Gasteiger partial charge in [-0.15, -0.1) is 11.3 Å². The molecule has 4 nitrogen and oxygen atoms in total. The monoisotopic (exact) mass is 298 g/mol. The Labute approximate surface area is 126 Å². The highest BCUT2D eigenvalue weighted by Gasteiger charge is 2.09. The number of benzene rings is 1. The van der Waals surface area contributed by atoms with Gasteiger partial charge in [-0.3, -0.25) is 10.1 Å². The van der Waals surface area contributed by atoms with Gasteiger partial charge in [0, 0.05) is 22.7 Å². The average molecular weight is 298 g/mol. The number of ether oxygens (including phenoxy) is 1. The Hall–Kier alpha value is -2.40. The largest absolute Gasteiger partial charge is 0.488 e. The topological polar surface area (TPSA) is 51.2 Å². The summed E-state index contributed by atoms with van der Waals surface area (Å²) in [5.41, 5.74) is 1.98. The molecule has 3 rings (SSSR count). The summed E-state index contributed by atoms with van der Waals surface area (Å²) in [6, 6.07) is 7.82. The van der Waals surface area contributed by atoms with E-state index < -0.39 is 0 Å². The van der Waals surface area contributed by atoms with Crippen molar-refractivity contribution in [3.8, 4) is 5.75 Å². The maximum Gasteiger partial charge on any atom is 0.250 e. The zero-order chi connectivity index (χ0) is 14.7. The number of aryl methyl sites for hydroxylation is 1. The van der Waals surface area contributed by atoms with E-state index in [1.807, 2.05) is 37.3 Å². The quantitative estimate of drug-likeness (QED) is 0.883. The van der Waals surface area contributed by atoms with Gasteiger partial charge in [0.25, 0.3) is 0 Å². The highest BCUT2D eigenvalue weighted by molar-refractivity contribution is 7.15. The van der Waals surface area contributed by atoms with Crippen LogP contribution in [0, 0.1) is 6.92 Å². The predicted molar refractivity (Wildman–Crippen MR) is 84.5 cm³/mol. The summed E-state index contributed by atoms with van der Waals surface area (Å²) >= 11 is 1.45. The molecule has 0 unspecified atom stereocenters. The Balaban J connectivity index is 1.66. The first-order valence-electron chi connectivity index (χ1n) is 6.54. The third-order valence-electron chi connectivity index (χ3n) is 2.95. The van der Waals surface area contributed by atoms with E-state index in [0.717, 1.165) is 21.8 Å². The van der Waals surface area contributed by atoms with Crippen LogP contribution in [-0.4, -0.2) is 17.5 Å². The SMILES string of the molecule is Cc1cnc(NC(=O)C=CC2=Cc3ccccc3OC2)s1. The van der Waals surface area contributed by atoms with Crippen molar-refractivity contribution in [2.45, 2.75) is 6.92 Å². The third kappa shape index (κ3) is 3.38. The molecule has 5 heteroatoms. The minimum atomic E-state index is -0.191. The number of hydrogen-bond acceptors (Lipinski definition) is 4. The number of para-hydroxylation sites is 1. The summed E-state index contributed by atoms with van der Waals surface area (Å²) in [6.07, 6.45) is 7.03. The molecular formula is C16H14N2O2S. The zero-order valence-corrected chi connectivity index (χ0v) is 12.3. The molecule has 1 aliphatic heterocycles. The molecule has 0 spiro atoms. The van der Waals surface area contributed by atoms with Crippen molar-refractivity contribution in [1.29, 1.82) is 0 Å². The van der Waals surface area contributed by atoms with Gasteiger partial charge in [-0.25, -0.2) is 4.98 Å². The van der Waals surface area contributed by atoms with Crippen molar-refractivity contribution < 1.29 is 9.53 Å². The number of carbonyl (C=O) groups excluding carboxylic acids is 1. The van der Waals surface area contributed by atoms with E-state index in [4.69, 9.17) is 4.74 Å². The Kier molecular flexibility index (Phi) is 3.83. The van der Waals surface area contributed by atoms with E-state index in [1.165, 1.54) is 17.4 Å². The second kappa shape index (κ2) is 5.93. The van der Waals surface area contributed by atoms with Gasteiger partial charge in [0.05, 0.1) is 0 Å². The molecule has 1 amide bonds. The number of hydrogen-bond donors (Lipinski definition) is 1. The number of nitrogens with one attached hydrogen (secondary N) is 1. The molecule has 0 atom stereocenters. The molecule has 0 bridgehead atoms. The predicted octanol–water partition coefficient (Wildman–Crippen LogP) is 3.42. The second-order valence-electron chi connectivity index (χ2n) is 4.64. The standard InChI is InChI=1S/C16H14N2O2S/c1-11-9-17-16(21-11)18-15(19)7-6-12-8-13-4-2-3-5-14(13)20-10-12/h2-9H,10H2,1H3,(H,17,18,19). The lowest BCUT2D eigenvalue weighted by Crippen LogP contribution is -2.09. The first-order valence-corrected chi connectivity index (χ1v) is 7.36. The fraction of sp³-hybridized carbons (Fsp3) is 0.125. The number of aromatic nitrogens is 1. The minimum Gasteiger partial charge on any atom is -0.488 e. The number of thiazole rings is 1. The van der Waals surface area contributed by atoms with Crippen LogP contribution < -0.4 is 10.1 Å². The van der Waals surface area contributed by atoms with Crippen molar-refractivity contribution in [3.05, 3.63) is 58.6 Å². The Morgan fingerprint density at radius 1 is 1.43 bits per heavy atom. The molecule has 1 aromatic carbocycles. The van der Waals surface area contributed by atoms with Crippen molar-refractivity contribution in [2.75, 3.05) is 11.9 Å². The Morgan fingerprint density at radius 2 is 2.29 bits per heavy atom. The van der Waals surface area contributed by atoms with Gasteiger partial charge < -0.3 is 4.74 Å². The van der Waals surface area contributed by atoms with Crippen LogP contribution in [0.5, 0.6) is 5.75 Å². The molecule has 0 radical (unpaired) electrons. The summed E-state index contributed by atoms with van der Waals surface area (Å²) in [5, 5.41) is 3.35. The maximum atomic E-state index is 11.8. The van der Waals surface area contributed by atoms with Crippen LogP contribution in [0.1, 0.15) is 10.4 Å². The van der Waals surface area contributed by atoms with E-state index in [-0.39, 0.29) is 5.91 Å². The molecule has 2 aromatic rings. The first-order chi connectivity index (χ1) is 10.2. The Morgan fingerprint density at radius 3 is 3.10 bits per heavy atom. The van der Waals surface area contributed by atoms with E-state index in [1.54, 1.807) is 12.3 Å². The molecular weight excluding hydrogens is 284 g/mol. The highest BCUT2D eigenvalue weighted by atomic mass is 32.1. The van der Waals surface area contributed by atoms with Gasteiger partial charge in [0.15, 0.2) is 5.13 Å². The van der Waals surface area contributed by atoms with Crippen molar-refractivity contribution in [1.82, 2.24) is 4.98 Å².